The van der Waals surface area contributed by atoms with Crippen molar-refractivity contribution >= 4 is 41.1 Å². The molecule has 2 saturated heterocycles. The first-order chi connectivity index (χ1) is 11.1. The second-order valence-corrected chi connectivity index (χ2v) is 8.57. The zero-order valence-electron chi connectivity index (χ0n) is 13.5. The summed E-state index contributed by atoms with van der Waals surface area (Å²) in [6.45, 7) is 5.24. The van der Waals surface area contributed by atoms with E-state index in [0.717, 1.165) is 0 Å². The van der Waals surface area contributed by atoms with Crippen LogP contribution in [0.5, 0.6) is 0 Å². The third kappa shape index (κ3) is 2.29. The number of aliphatic carboxylic acids is 1. The molecule has 0 bridgehead atoms. The number of aromatic nitrogens is 2. The number of hydrogen-bond acceptors (Lipinski definition) is 5. The van der Waals surface area contributed by atoms with Crippen LogP contribution in [0.2, 0.25) is 5.02 Å². The molecule has 2 fully saturated rings. The van der Waals surface area contributed by atoms with Crippen molar-refractivity contribution in [1.29, 1.82) is 0 Å². The molecule has 10 heteroatoms. The number of thioether (sulfide) groups is 1. The van der Waals surface area contributed by atoms with Crippen molar-refractivity contribution in [2.45, 2.75) is 43.0 Å². The molecule has 130 valence electrons. The van der Waals surface area contributed by atoms with Gasteiger partial charge in [0.05, 0.1) is 10.7 Å². The van der Waals surface area contributed by atoms with Crippen LogP contribution in [0.4, 0.5) is 0 Å². The average molecular weight is 373 g/mol. The summed E-state index contributed by atoms with van der Waals surface area (Å²) in [5, 5.41) is 16.0. The number of carboxylic acids is 1. The molecule has 0 aliphatic carbocycles. The van der Waals surface area contributed by atoms with E-state index in [4.69, 9.17) is 11.6 Å². The second-order valence-electron chi connectivity index (χ2n) is 6.42. The number of rotatable bonds is 3. The Kier molecular flexibility index (Phi) is 3.83. The van der Waals surface area contributed by atoms with Crippen LogP contribution >= 0.6 is 23.4 Å². The average Bonchev–Trinajstić information content (AvgIpc) is 2.87. The summed E-state index contributed by atoms with van der Waals surface area (Å²) in [6, 6.07) is -1.67. The molecule has 2 aliphatic heterocycles. The van der Waals surface area contributed by atoms with Gasteiger partial charge in [0.2, 0.25) is 5.91 Å². The van der Waals surface area contributed by atoms with Gasteiger partial charge in [-0.25, -0.2) is 4.79 Å². The Hall–Kier alpha value is -1.74. The Morgan fingerprint density at radius 1 is 1.42 bits per heavy atom. The van der Waals surface area contributed by atoms with Crippen molar-refractivity contribution in [3.05, 3.63) is 16.4 Å². The summed E-state index contributed by atoms with van der Waals surface area (Å²) >= 11 is 7.46. The predicted octanol–water partition coefficient (Wildman–Crippen LogP) is 0.627. The maximum atomic E-state index is 12.5. The normalized spacial score (nSPS) is 27.6. The molecule has 8 nitrogen and oxygen atoms in total. The largest absolute Gasteiger partial charge is 0.480 e. The lowest BCUT2D eigenvalue weighted by molar-refractivity contribution is -0.159. The zero-order valence-corrected chi connectivity index (χ0v) is 15.1. The summed E-state index contributed by atoms with van der Waals surface area (Å²) < 4.78 is 0.728. The topological polar surface area (TPSA) is 105 Å². The fourth-order valence-electron chi connectivity index (χ4n) is 3.23. The minimum absolute atomic E-state index is 0.178. The van der Waals surface area contributed by atoms with E-state index in [-0.39, 0.29) is 10.7 Å². The third-order valence-electron chi connectivity index (χ3n) is 4.33. The molecule has 2 N–H and O–H groups in total. The summed E-state index contributed by atoms with van der Waals surface area (Å²) in [7, 11) is 1.59. The number of carboxylic acid groups (broad SMARTS) is 1. The number of hydrogen-bond donors (Lipinski definition) is 2. The molecule has 3 atom stereocenters. The zero-order chi connectivity index (χ0) is 18.0. The van der Waals surface area contributed by atoms with Crippen molar-refractivity contribution < 1.29 is 19.5 Å². The molecule has 3 rings (SSSR count). The van der Waals surface area contributed by atoms with E-state index in [2.05, 4.69) is 10.4 Å². The molecular weight excluding hydrogens is 356 g/mol. The van der Waals surface area contributed by atoms with Crippen molar-refractivity contribution in [1.82, 2.24) is 20.0 Å². The fourth-order valence-corrected chi connectivity index (χ4v) is 5.11. The first kappa shape index (κ1) is 17.1. The van der Waals surface area contributed by atoms with Crippen molar-refractivity contribution in [3.8, 4) is 0 Å². The van der Waals surface area contributed by atoms with Crippen molar-refractivity contribution in [3.63, 3.8) is 0 Å². The van der Waals surface area contributed by atoms with Crippen LogP contribution in [0.25, 0.3) is 0 Å². The van der Waals surface area contributed by atoms with Gasteiger partial charge >= 0.3 is 5.97 Å². The second kappa shape index (κ2) is 5.38. The standard InChI is InChI=1S/C14H17ClN4O4S/c1-5-6(15)8(18(4)17-5)10(20)16-7-11(21)19-9(13(22)23)14(2,3)24-12(7)19/h7,9,12H,1-4H3,(H,16,20)(H,22,23)/t7-,9+,12-/m1/s1. The Bertz CT molecular complexity index is 762. The Labute approximate surface area is 147 Å². The maximum absolute atomic E-state index is 12.5. The Balaban J connectivity index is 1.80. The van der Waals surface area contributed by atoms with Gasteiger partial charge < -0.3 is 15.3 Å². The van der Waals surface area contributed by atoms with Crippen LogP contribution in [0.15, 0.2) is 0 Å². The molecule has 0 spiro atoms. The van der Waals surface area contributed by atoms with E-state index in [1.165, 1.54) is 21.3 Å². The minimum Gasteiger partial charge on any atom is -0.480 e. The van der Waals surface area contributed by atoms with Gasteiger partial charge in [0.15, 0.2) is 0 Å². The van der Waals surface area contributed by atoms with Gasteiger partial charge in [0.25, 0.3) is 5.91 Å². The monoisotopic (exact) mass is 372 g/mol. The maximum Gasteiger partial charge on any atom is 0.327 e. The number of β-lactam (4-membered cyclic amide) rings is 1. The number of aryl methyl sites for hydroxylation is 2. The Morgan fingerprint density at radius 3 is 2.54 bits per heavy atom. The number of halogens is 1. The van der Waals surface area contributed by atoms with Gasteiger partial charge in [-0.3, -0.25) is 14.3 Å². The summed E-state index contributed by atoms with van der Waals surface area (Å²) in [6.07, 6.45) is 0. The van der Waals surface area contributed by atoms with Crippen LogP contribution in [0.1, 0.15) is 30.0 Å². The molecule has 0 aromatic carbocycles. The SMILES string of the molecule is Cc1nn(C)c(C(=O)N[C@@H]2C(=O)N3[C@@H]2SC(C)(C)[C@@H]3C(=O)O)c1Cl. The van der Waals surface area contributed by atoms with Gasteiger partial charge in [0, 0.05) is 11.8 Å². The molecule has 0 saturated carbocycles. The van der Waals surface area contributed by atoms with E-state index < -0.39 is 40.0 Å². The van der Waals surface area contributed by atoms with Crippen LogP contribution in [0.3, 0.4) is 0 Å². The number of nitrogens with zero attached hydrogens (tertiary/aromatic N) is 3. The van der Waals surface area contributed by atoms with Gasteiger partial charge in [0.1, 0.15) is 23.2 Å². The first-order valence-electron chi connectivity index (χ1n) is 7.29. The predicted molar refractivity (Wildman–Crippen MR) is 87.9 cm³/mol. The quantitative estimate of drug-likeness (QED) is 0.754. The van der Waals surface area contributed by atoms with Crippen molar-refractivity contribution in [2.75, 3.05) is 0 Å². The van der Waals surface area contributed by atoms with Gasteiger partial charge in [-0.15, -0.1) is 11.8 Å². The summed E-state index contributed by atoms with van der Waals surface area (Å²) in [4.78, 5) is 37.6. The van der Waals surface area contributed by atoms with Gasteiger partial charge in [-0.2, -0.15) is 5.10 Å². The molecule has 2 aliphatic rings. The fraction of sp³-hybridized carbons (Fsp3) is 0.571. The van der Waals surface area contributed by atoms with Crippen LogP contribution in [-0.4, -0.2) is 59.8 Å². The first-order valence-corrected chi connectivity index (χ1v) is 8.54. The lowest BCUT2D eigenvalue weighted by Gasteiger charge is -2.43. The highest BCUT2D eigenvalue weighted by Crippen LogP contribution is 2.50. The highest BCUT2D eigenvalue weighted by Gasteiger charge is 2.64. The highest BCUT2D eigenvalue weighted by molar-refractivity contribution is 8.01. The van der Waals surface area contributed by atoms with Crippen molar-refractivity contribution in [2.24, 2.45) is 7.05 Å². The summed E-state index contributed by atoms with van der Waals surface area (Å²) in [5.41, 5.74) is 0.700. The Morgan fingerprint density at radius 2 is 2.04 bits per heavy atom. The van der Waals surface area contributed by atoms with E-state index in [0.29, 0.717) is 5.69 Å². The van der Waals surface area contributed by atoms with Crippen LogP contribution in [0, 0.1) is 6.92 Å². The van der Waals surface area contributed by atoms with E-state index in [1.54, 1.807) is 27.8 Å². The highest BCUT2D eigenvalue weighted by atomic mass is 35.5. The molecule has 24 heavy (non-hydrogen) atoms. The van der Waals surface area contributed by atoms with E-state index in [9.17, 15) is 19.5 Å². The van der Waals surface area contributed by atoms with Gasteiger partial charge in [-0.1, -0.05) is 11.6 Å². The van der Waals surface area contributed by atoms with Gasteiger partial charge in [-0.05, 0) is 20.8 Å². The summed E-state index contributed by atoms with van der Waals surface area (Å²) in [5.74, 6) is -1.94. The van der Waals surface area contributed by atoms with E-state index in [1.807, 2.05) is 0 Å². The molecule has 1 aromatic rings. The lowest BCUT2D eigenvalue weighted by atomic mass is 9.96. The number of carbonyl (C=O) groups is 3. The molecule has 2 amide bonds. The molecule has 0 unspecified atom stereocenters. The lowest BCUT2D eigenvalue weighted by Crippen LogP contribution is -2.70. The van der Waals surface area contributed by atoms with E-state index >= 15 is 0 Å². The molecule has 1 aromatic heterocycles. The number of carbonyl (C=O) groups excluding carboxylic acids is 2. The van der Waals surface area contributed by atoms with Crippen LogP contribution in [-0.2, 0) is 16.6 Å². The van der Waals surface area contributed by atoms with Crippen LogP contribution < -0.4 is 5.32 Å². The molecule has 3 heterocycles. The smallest absolute Gasteiger partial charge is 0.327 e. The molecule has 0 radical (unpaired) electrons. The number of amides is 2. The number of nitrogens with one attached hydrogen (secondary N) is 1. The third-order valence-corrected chi connectivity index (χ3v) is 6.35. The minimum atomic E-state index is -1.04. The molecular formula is C14H17ClN4O4S. The number of fused-ring (bicyclic) bond motifs is 1.